The lowest BCUT2D eigenvalue weighted by Crippen LogP contribution is -2.06. The highest BCUT2D eigenvalue weighted by atomic mass is 79.9. The average Bonchev–Trinajstić information content (AvgIpc) is 2.49. The molecule has 0 bridgehead atoms. The maximum Gasteiger partial charge on any atom is 0.106 e. The van der Waals surface area contributed by atoms with Crippen molar-refractivity contribution in [2.75, 3.05) is 5.32 Å². The van der Waals surface area contributed by atoms with Gasteiger partial charge in [0.15, 0.2) is 0 Å². The fourth-order valence-corrected chi connectivity index (χ4v) is 2.51. The van der Waals surface area contributed by atoms with E-state index in [4.69, 9.17) is 0 Å². The van der Waals surface area contributed by atoms with Gasteiger partial charge in [-0.25, -0.2) is 4.98 Å². The first-order valence-electron chi connectivity index (χ1n) is 6.59. The van der Waals surface area contributed by atoms with Gasteiger partial charge in [-0.15, -0.1) is 0 Å². The molecule has 0 spiro atoms. The van der Waals surface area contributed by atoms with E-state index in [0.717, 1.165) is 10.3 Å². The molecule has 0 aliphatic carbocycles. The molecule has 2 nitrogen and oxygen atoms in total. The minimum absolute atomic E-state index is 0.239. The van der Waals surface area contributed by atoms with Crippen LogP contribution in [0.25, 0.3) is 10.8 Å². The third kappa shape index (κ3) is 2.83. The fraction of sp³-hybridized carbons (Fsp3) is 0.118. The van der Waals surface area contributed by atoms with E-state index in [0.29, 0.717) is 0 Å². The summed E-state index contributed by atoms with van der Waals surface area (Å²) in [6, 6.07) is 19.2. The van der Waals surface area contributed by atoms with Gasteiger partial charge in [-0.2, -0.15) is 0 Å². The first kappa shape index (κ1) is 13.1. The largest absolute Gasteiger partial charge is 0.377 e. The summed E-state index contributed by atoms with van der Waals surface area (Å²) in [4.78, 5) is 4.23. The van der Waals surface area contributed by atoms with Crippen LogP contribution in [0.1, 0.15) is 18.5 Å². The van der Waals surface area contributed by atoms with Gasteiger partial charge in [0.1, 0.15) is 4.60 Å². The molecule has 0 fully saturated rings. The quantitative estimate of drug-likeness (QED) is 0.671. The molecule has 3 aromatic rings. The van der Waals surface area contributed by atoms with Gasteiger partial charge < -0.3 is 5.32 Å². The van der Waals surface area contributed by atoms with E-state index in [-0.39, 0.29) is 6.04 Å². The van der Waals surface area contributed by atoms with Crippen molar-refractivity contribution >= 4 is 32.4 Å². The van der Waals surface area contributed by atoms with Gasteiger partial charge in [0.25, 0.3) is 0 Å². The van der Waals surface area contributed by atoms with Crippen LogP contribution in [-0.4, -0.2) is 4.98 Å². The van der Waals surface area contributed by atoms with Crippen molar-refractivity contribution in [3.8, 4) is 0 Å². The zero-order valence-corrected chi connectivity index (χ0v) is 12.8. The Hall–Kier alpha value is -1.87. The molecule has 1 N–H and O–H groups in total. The van der Waals surface area contributed by atoms with Crippen LogP contribution in [0.15, 0.2) is 65.4 Å². The summed E-state index contributed by atoms with van der Waals surface area (Å²) < 4.78 is 0.849. The summed E-state index contributed by atoms with van der Waals surface area (Å²) in [7, 11) is 0. The number of rotatable bonds is 3. The van der Waals surface area contributed by atoms with E-state index in [1.807, 2.05) is 18.3 Å². The normalized spacial score (nSPS) is 12.3. The maximum absolute atomic E-state index is 4.23. The number of hydrogen-bond acceptors (Lipinski definition) is 2. The molecule has 0 radical (unpaired) electrons. The smallest absolute Gasteiger partial charge is 0.106 e. The molecule has 2 aromatic carbocycles. The summed E-state index contributed by atoms with van der Waals surface area (Å²) in [5.41, 5.74) is 2.29. The molecule has 0 saturated carbocycles. The fourth-order valence-electron chi connectivity index (χ4n) is 2.27. The predicted molar refractivity (Wildman–Crippen MR) is 87.9 cm³/mol. The first-order valence-corrected chi connectivity index (χ1v) is 7.38. The molecular weight excluding hydrogens is 312 g/mol. The highest BCUT2D eigenvalue weighted by Gasteiger charge is 2.06. The molecule has 20 heavy (non-hydrogen) atoms. The van der Waals surface area contributed by atoms with Crippen LogP contribution in [0.4, 0.5) is 5.69 Å². The first-order chi connectivity index (χ1) is 9.72. The second kappa shape index (κ2) is 5.63. The van der Waals surface area contributed by atoms with E-state index in [9.17, 15) is 0 Å². The lowest BCUT2D eigenvalue weighted by Gasteiger charge is -2.16. The number of nitrogens with one attached hydrogen (secondary N) is 1. The van der Waals surface area contributed by atoms with E-state index < -0.39 is 0 Å². The number of pyridine rings is 1. The summed E-state index contributed by atoms with van der Waals surface area (Å²) >= 11 is 3.34. The van der Waals surface area contributed by atoms with Crippen LogP contribution in [0.5, 0.6) is 0 Å². The van der Waals surface area contributed by atoms with Crippen LogP contribution in [0.2, 0.25) is 0 Å². The molecule has 0 aliphatic rings. The van der Waals surface area contributed by atoms with E-state index in [1.54, 1.807) is 0 Å². The molecule has 0 saturated heterocycles. The molecule has 1 aromatic heterocycles. The molecule has 1 atom stereocenters. The Morgan fingerprint density at radius 2 is 1.80 bits per heavy atom. The van der Waals surface area contributed by atoms with Crippen molar-refractivity contribution in [1.82, 2.24) is 4.98 Å². The van der Waals surface area contributed by atoms with Crippen molar-refractivity contribution in [1.29, 1.82) is 0 Å². The van der Waals surface area contributed by atoms with Gasteiger partial charge in [-0.05, 0) is 57.4 Å². The van der Waals surface area contributed by atoms with E-state index in [2.05, 4.69) is 75.6 Å². The van der Waals surface area contributed by atoms with Crippen LogP contribution in [-0.2, 0) is 0 Å². The Morgan fingerprint density at radius 3 is 2.55 bits per heavy atom. The minimum atomic E-state index is 0.239. The van der Waals surface area contributed by atoms with E-state index in [1.165, 1.54) is 16.3 Å². The Kier molecular flexibility index (Phi) is 3.70. The third-order valence-corrected chi connectivity index (χ3v) is 3.85. The molecule has 3 heteroatoms. The second-order valence-corrected chi connectivity index (χ2v) is 5.65. The Labute approximate surface area is 127 Å². The van der Waals surface area contributed by atoms with Crippen molar-refractivity contribution in [2.45, 2.75) is 13.0 Å². The molecule has 3 rings (SSSR count). The Bertz CT molecular complexity index is 722. The molecular formula is C17H15BrN2. The lowest BCUT2D eigenvalue weighted by atomic mass is 10.0. The number of nitrogens with zero attached hydrogens (tertiary/aromatic N) is 1. The second-order valence-electron chi connectivity index (χ2n) is 4.84. The van der Waals surface area contributed by atoms with Crippen LogP contribution in [0.3, 0.4) is 0 Å². The zero-order valence-electron chi connectivity index (χ0n) is 11.2. The van der Waals surface area contributed by atoms with E-state index >= 15 is 0 Å². The summed E-state index contributed by atoms with van der Waals surface area (Å²) in [5.74, 6) is 0. The number of halogens is 1. The van der Waals surface area contributed by atoms with Gasteiger partial charge in [-0.1, -0.05) is 36.4 Å². The molecule has 1 heterocycles. The summed E-state index contributed by atoms with van der Waals surface area (Å²) in [5, 5.41) is 6.01. The van der Waals surface area contributed by atoms with Gasteiger partial charge in [-0.3, -0.25) is 0 Å². The highest BCUT2D eigenvalue weighted by Crippen LogP contribution is 2.23. The SMILES string of the molecule is CC(Nc1ccc(Br)nc1)c1ccc2ccccc2c1. The van der Waals surface area contributed by atoms with Gasteiger partial charge in [0.2, 0.25) is 0 Å². The number of fused-ring (bicyclic) bond motifs is 1. The monoisotopic (exact) mass is 326 g/mol. The topological polar surface area (TPSA) is 24.9 Å². The van der Waals surface area contributed by atoms with Crippen molar-refractivity contribution in [2.24, 2.45) is 0 Å². The number of benzene rings is 2. The van der Waals surface area contributed by atoms with Crippen molar-refractivity contribution in [3.05, 3.63) is 71.0 Å². The molecule has 0 aliphatic heterocycles. The van der Waals surface area contributed by atoms with Gasteiger partial charge in [0.05, 0.1) is 11.9 Å². The lowest BCUT2D eigenvalue weighted by molar-refractivity contribution is 0.884. The predicted octanol–water partition coefficient (Wildman–Crippen LogP) is 5.17. The number of anilines is 1. The highest BCUT2D eigenvalue weighted by molar-refractivity contribution is 9.10. The summed E-state index contributed by atoms with van der Waals surface area (Å²) in [6.45, 7) is 2.16. The van der Waals surface area contributed by atoms with Gasteiger partial charge >= 0.3 is 0 Å². The summed E-state index contributed by atoms with van der Waals surface area (Å²) in [6.07, 6.45) is 1.83. The van der Waals surface area contributed by atoms with Crippen molar-refractivity contribution in [3.63, 3.8) is 0 Å². The third-order valence-electron chi connectivity index (χ3n) is 3.38. The van der Waals surface area contributed by atoms with Crippen LogP contribution < -0.4 is 5.32 Å². The maximum atomic E-state index is 4.23. The Balaban J connectivity index is 1.84. The van der Waals surface area contributed by atoms with Crippen molar-refractivity contribution < 1.29 is 0 Å². The van der Waals surface area contributed by atoms with Gasteiger partial charge in [0, 0.05) is 6.04 Å². The number of aromatic nitrogens is 1. The molecule has 0 amide bonds. The molecule has 1 unspecified atom stereocenters. The number of hydrogen-bond donors (Lipinski definition) is 1. The van der Waals surface area contributed by atoms with Crippen LogP contribution in [0, 0.1) is 0 Å². The molecule has 100 valence electrons. The average molecular weight is 327 g/mol. The van der Waals surface area contributed by atoms with Crippen LogP contribution >= 0.6 is 15.9 Å². The Morgan fingerprint density at radius 1 is 1.00 bits per heavy atom. The standard InChI is InChI=1S/C17H15BrN2/c1-12(20-16-8-9-17(18)19-11-16)14-7-6-13-4-2-3-5-15(13)10-14/h2-12,20H,1H3. The minimum Gasteiger partial charge on any atom is -0.377 e. The zero-order chi connectivity index (χ0) is 13.9.